The average Bonchev–Trinajstić information content (AvgIpc) is 2.26. The molecule has 0 bridgehead atoms. The van der Waals surface area contributed by atoms with Crippen LogP contribution in [-0.4, -0.2) is 18.4 Å². The number of carbonyl (C=O) groups is 1. The number of nitrogens with zero attached hydrogens (tertiary/aromatic N) is 1. The van der Waals surface area contributed by atoms with Gasteiger partial charge in [0.1, 0.15) is 0 Å². The van der Waals surface area contributed by atoms with Crippen molar-refractivity contribution < 1.29 is 4.79 Å². The number of hydrogen-bond donors (Lipinski definition) is 0. The van der Waals surface area contributed by atoms with Crippen LogP contribution in [0.2, 0.25) is 5.02 Å². The Labute approximate surface area is 108 Å². The van der Waals surface area contributed by atoms with Crippen LogP contribution in [0.15, 0.2) is 30.9 Å². The fourth-order valence-electron chi connectivity index (χ4n) is 1.69. The molecule has 0 fully saturated rings. The van der Waals surface area contributed by atoms with Crippen LogP contribution < -0.4 is 4.90 Å². The third-order valence-electron chi connectivity index (χ3n) is 2.61. The largest absolute Gasteiger partial charge is 0.364 e. The Morgan fingerprint density at radius 3 is 2.59 bits per heavy atom. The summed E-state index contributed by atoms with van der Waals surface area (Å²) in [5, 5.41) is 0.605. The Hall–Kier alpha value is -1.28. The van der Waals surface area contributed by atoms with Crippen LogP contribution in [0.25, 0.3) is 0 Å². The number of benzene rings is 1. The fraction of sp³-hybridized carbons (Fsp3) is 0.357. The molecule has 1 aromatic rings. The SMILES string of the molecule is C=CCN(c1ccc(C(C)=O)cc1Cl)C(C)C. The van der Waals surface area contributed by atoms with Crippen molar-refractivity contribution in [3.8, 4) is 0 Å². The molecule has 0 saturated carbocycles. The van der Waals surface area contributed by atoms with E-state index in [1.165, 1.54) is 6.92 Å². The molecule has 0 N–H and O–H groups in total. The van der Waals surface area contributed by atoms with E-state index in [0.29, 0.717) is 16.6 Å². The Morgan fingerprint density at radius 2 is 2.18 bits per heavy atom. The second kappa shape index (κ2) is 5.87. The van der Waals surface area contributed by atoms with Gasteiger partial charge in [-0.15, -0.1) is 6.58 Å². The van der Waals surface area contributed by atoms with Crippen LogP contribution in [0.1, 0.15) is 31.1 Å². The maximum absolute atomic E-state index is 11.2. The third-order valence-corrected chi connectivity index (χ3v) is 2.92. The highest BCUT2D eigenvalue weighted by molar-refractivity contribution is 6.33. The van der Waals surface area contributed by atoms with Gasteiger partial charge in [0.15, 0.2) is 5.78 Å². The number of Topliss-reactive ketones (excluding diaryl/α,β-unsaturated/α-hetero) is 1. The summed E-state index contributed by atoms with van der Waals surface area (Å²) in [7, 11) is 0. The van der Waals surface area contributed by atoms with Gasteiger partial charge in [-0.05, 0) is 39.0 Å². The molecule has 0 aliphatic rings. The van der Waals surface area contributed by atoms with Crippen LogP contribution in [0.4, 0.5) is 5.69 Å². The lowest BCUT2D eigenvalue weighted by Gasteiger charge is -2.28. The van der Waals surface area contributed by atoms with E-state index in [4.69, 9.17) is 11.6 Å². The van der Waals surface area contributed by atoms with Crippen LogP contribution >= 0.6 is 11.6 Å². The van der Waals surface area contributed by atoms with Gasteiger partial charge in [-0.3, -0.25) is 4.79 Å². The van der Waals surface area contributed by atoms with Gasteiger partial charge in [0.2, 0.25) is 0 Å². The van der Waals surface area contributed by atoms with Crippen LogP contribution in [0.5, 0.6) is 0 Å². The molecule has 0 aliphatic heterocycles. The molecule has 0 aromatic heterocycles. The summed E-state index contributed by atoms with van der Waals surface area (Å²) in [6.45, 7) is 10.2. The second-order valence-corrected chi connectivity index (χ2v) is 4.66. The molecular weight excluding hydrogens is 234 g/mol. The van der Waals surface area contributed by atoms with E-state index in [9.17, 15) is 4.79 Å². The van der Waals surface area contributed by atoms with E-state index in [-0.39, 0.29) is 5.78 Å². The summed E-state index contributed by atoms with van der Waals surface area (Å²) in [6, 6.07) is 5.75. The maximum atomic E-state index is 11.2. The average molecular weight is 252 g/mol. The summed E-state index contributed by atoms with van der Waals surface area (Å²) in [5.74, 6) is 0.0262. The summed E-state index contributed by atoms with van der Waals surface area (Å²) >= 11 is 6.22. The molecule has 0 radical (unpaired) electrons. The molecule has 2 nitrogen and oxygen atoms in total. The number of ketones is 1. The molecule has 1 rings (SSSR count). The fourth-order valence-corrected chi connectivity index (χ4v) is 1.97. The highest BCUT2D eigenvalue weighted by atomic mass is 35.5. The van der Waals surface area contributed by atoms with Crippen LogP contribution in [0.3, 0.4) is 0 Å². The minimum atomic E-state index is 0.0262. The van der Waals surface area contributed by atoms with Crippen molar-refractivity contribution in [3.63, 3.8) is 0 Å². The van der Waals surface area contributed by atoms with E-state index in [1.54, 1.807) is 6.07 Å². The Kier molecular flexibility index (Phi) is 4.76. The van der Waals surface area contributed by atoms with E-state index < -0.39 is 0 Å². The minimum absolute atomic E-state index is 0.0262. The van der Waals surface area contributed by atoms with Crippen molar-refractivity contribution in [2.45, 2.75) is 26.8 Å². The van der Waals surface area contributed by atoms with Crippen molar-refractivity contribution >= 4 is 23.1 Å². The standard InChI is InChI=1S/C14H18ClNO/c1-5-8-16(10(2)3)14-7-6-12(11(4)17)9-13(14)15/h5-7,9-10H,1,8H2,2-4H3. The molecule has 0 aliphatic carbocycles. The molecule has 1 aromatic carbocycles. The monoisotopic (exact) mass is 251 g/mol. The van der Waals surface area contributed by atoms with Crippen LogP contribution in [-0.2, 0) is 0 Å². The van der Waals surface area contributed by atoms with Gasteiger partial charge in [0.25, 0.3) is 0 Å². The third kappa shape index (κ3) is 3.34. The highest BCUT2D eigenvalue weighted by Gasteiger charge is 2.13. The van der Waals surface area contributed by atoms with E-state index in [1.807, 2.05) is 18.2 Å². The lowest BCUT2D eigenvalue weighted by Crippen LogP contribution is -2.31. The molecule has 3 heteroatoms. The van der Waals surface area contributed by atoms with Crippen molar-refractivity contribution in [1.29, 1.82) is 0 Å². The normalized spacial score (nSPS) is 10.4. The molecule has 0 amide bonds. The molecule has 0 spiro atoms. The number of halogens is 1. The lowest BCUT2D eigenvalue weighted by molar-refractivity contribution is 0.101. The molecule has 92 valence electrons. The van der Waals surface area contributed by atoms with Crippen LogP contribution in [0, 0.1) is 0 Å². The topological polar surface area (TPSA) is 20.3 Å². The summed E-state index contributed by atoms with van der Waals surface area (Å²) < 4.78 is 0. The smallest absolute Gasteiger partial charge is 0.159 e. The quantitative estimate of drug-likeness (QED) is 0.584. The molecule has 0 atom stereocenters. The Bertz CT molecular complexity index is 426. The summed E-state index contributed by atoms with van der Waals surface area (Å²) in [5.41, 5.74) is 1.58. The molecule has 0 unspecified atom stereocenters. The summed E-state index contributed by atoms with van der Waals surface area (Å²) in [6.07, 6.45) is 1.84. The molecular formula is C14H18ClNO. The zero-order valence-corrected chi connectivity index (χ0v) is 11.3. The Balaban J connectivity index is 3.12. The predicted molar refractivity (Wildman–Crippen MR) is 74.1 cm³/mol. The first-order valence-electron chi connectivity index (χ1n) is 5.65. The summed E-state index contributed by atoms with van der Waals surface area (Å²) in [4.78, 5) is 13.4. The zero-order chi connectivity index (χ0) is 13.0. The van der Waals surface area contributed by atoms with Gasteiger partial charge in [-0.1, -0.05) is 17.7 Å². The first-order valence-corrected chi connectivity index (χ1v) is 6.03. The molecule has 0 heterocycles. The lowest BCUT2D eigenvalue weighted by atomic mass is 10.1. The van der Waals surface area contributed by atoms with Gasteiger partial charge in [-0.2, -0.15) is 0 Å². The van der Waals surface area contributed by atoms with E-state index >= 15 is 0 Å². The van der Waals surface area contributed by atoms with Gasteiger partial charge in [0, 0.05) is 18.2 Å². The molecule has 0 saturated heterocycles. The van der Waals surface area contributed by atoms with Crippen molar-refractivity contribution in [1.82, 2.24) is 0 Å². The maximum Gasteiger partial charge on any atom is 0.159 e. The van der Waals surface area contributed by atoms with Gasteiger partial charge in [-0.25, -0.2) is 0 Å². The van der Waals surface area contributed by atoms with Crippen molar-refractivity contribution in [3.05, 3.63) is 41.4 Å². The molecule has 17 heavy (non-hydrogen) atoms. The minimum Gasteiger partial charge on any atom is -0.364 e. The first kappa shape index (κ1) is 13.8. The number of rotatable bonds is 5. The van der Waals surface area contributed by atoms with Crippen molar-refractivity contribution in [2.75, 3.05) is 11.4 Å². The Morgan fingerprint density at radius 1 is 1.53 bits per heavy atom. The first-order chi connectivity index (χ1) is 7.97. The number of carbonyl (C=O) groups excluding carboxylic acids is 1. The zero-order valence-electron chi connectivity index (χ0n) is 10.5. The number of anilines is 1. The van der Waals surface area contributed by atoms with Gasteiger partial charge >= 0.3 is 0 Å². The highest BCUT2D eigenvalue weighted by Crippen LogP contribution is 2.28. The van der Waals surface area contributed by atoms with E-state index in [0.717, 1.165) is 12.2 Å². The van der Waals surface area contributed by atoms with Gasteiger partial charge in [0.05, 0.1) is 10.7 Å². The second-order valence-electron chi connectivity index (χ2n) is 4.26. The van der Waals surface area contributed by atoms with Crippen molar-refractivity contribution in [2.24, 2.45) is 0 Å². The van der Waals surface area contributed by atoms with E-state index in [2.05, 4.69) is 25.3 Å². The number of hydrogen-bond acceptors (Lipinski definition) is 2. The predicted octanol–water partition coefficient (Wildman–Crippen LogP) is 3.94. The van der Waals surface area contributed by atoms with Gasteiger partial charge < -0.3 is 4.90 Å².